The zero-order valence-electron chi connectivity index (χ0n) is 16.3. The molecule has 4 nitrogen and oxygen atoms in total. The van der Waals surface area contributed by atoms with E-state index in [9.17, 15) is 4.79 Å². The summed E-state index contributed by atoms with van der Waals surface area (Å²) in [5.74, 6) is -0.0259. The quantitative estimate of drug-likeness (QED) is 0.447. The summed E-state index contributed by atoms with van der Waals surface area (Å²) in [4.78, 5) is 20.1. The van der Waals surface area contributed by atoms with Crippen LogP contribution < -0.4 is 4.90 Å². The molecule has 0 spiro atoms. The Labute approximate surface area is 173 Å². The molecule has 1 saturated heterocycles. The number of benzene rings is 3. The summed E-state index contributed by atoms with van der Waals surface area (Å²) >= 11 is 1.57. The second-order valence-electron chi connectivity index (χ2n) is 7.58. The SMILES string of the molecule is Cc1ccc2nc(N(CC3CCCO3)C(=O)c3ccc4ccccc4c3)sc2c1. The molecule has 29 heavy (non-hydrogen) atoms. The van der Waals surface area contributed by atoms with Crippen molar-refractivity contribution in [2.45, 2.75) is 25.9 Å². The molecule has 5 heteroatoms. The second-order valence-corrected chi connectivity index (χ2v) is 8.59. The van der Waals surface area contributed by atoms with Crippen molar-refractivity contribution in [2.24, 2.45) is 0 Å². The molecule has 0 bridgehead atoms. The number of rotatable bonds is 4. The molecule has 0 N–H and O–H groups in total. The van der Waals surface area contributed by atoms with Crippen molar-refractivity contribution in [1.82, 2.24) is 4.98 Å². The summed E-state index contributed by atoms with van der Waals surface area (Å²) in [5, 5.41) is 2.93. The Hall–Kier alpha value is -2.76. The fourth-order valence-corrected chi connectivity index (χ4v) is 4.92. The van der Waals surface area contributed by atoms with Crippen molar-refractivity contribution in [3.05, 3.63) is 71.8 Å². The van der Waals surface area contributed by atoms with Crippen LogP contribution in [0.4, 0.5) is 5.13 Å². The van der Waals surface area contributed by atoms with Crippen LogP contribution in [0.15, 0.2) is 60.7 Å². The van der Waals surface area contributed by atoms with E-state index in [-0.39, 0.29) is 12.0 Å². The van der Waals surface area contributed by atoms with Gasteiger partial charge in [-0.15, -0.1) is 0 Å². The first-order valence-corrected chi connectivity index (χ1v) is 10.8. The van der Waals surface area contributed by atoms with Crippen LogP contribution in [-0.2, 0) is 4.74 Å². The Bertz CT molecular complexity index is 1190. The lowest BCUT2D eigenvalue weighted by Gasteiger charge is -2.23. The number of hydrogen-bond acceptors (Lipinski definition) is 4. The van der Waals surface area contributed by atoms with Crippen molar-refractivity contribution in [3.8, 4) is 0 Å². The predicted molar refractivity (Wildman–Crippen MR) is 119 cm³/mol. The predicted octanol–water partition coefficient (Wildman–Crippen LogP) is 5.58. The minimum Gasteiger partial charge on any atom is -0.376 e. The molecule has 1 unspecified atom stereocenters. The molecule has 2 heterocycles. The largest absolute Gasteiger partial charge is 0.376 e. The van der Waals surface area contributed by atoms with E-state index < -0.39 is 0 Å². The van der Waals surface area contributed by atoms with E-state index in [1.165, 1.54) is 5.56 Å². The lowest BCUT2D eigenvalue weighted by atomic mass is 10.1. The molecule has 5 rings (SSSR count). The second kappa shape index (κ2) is 7.58. The third kappa shape index (κ3) is 3.63. The van der Waals surface area contributed by atoms with Crippen LogP contribution in [0.1, 0.15) is 28.8 Å². The van der Waals surface area contributed by atoms with Gasteiger partial charge in [0.2, 0.25) is 0 Å². The zero-order chi connectivity index (χ0) is 19.8. The van der Waals surface area contributed by atoms with Crippen molar-refractivity contribution in [2.75, 3.05) is 18.1 Å². The van der Waals surface area contributed by atoms with Crippen LogP contribution in [0.3, 0.4) is 0 Å². The molecule has 146 valence electrons. The monoisotopic (exact) mass is 402 g/mol. The first kappa shape index (κ1) is 18.3. The molecule has 1 aromatic heterocycles. The van der Waals surface area contributed by atoms with Gasteiger partial charge >= 0.3 is 0 Å². The number of ether oxygens (including phenoxy) is 1. The number of aromatic nitrogens is 1. The number of carbonyl (C=O) groups is 1. The van der Waals surface area contributed by atoms with Gasteiger partial charge in [-0.1, -0.05) is 47.7 Å². The first-order valence-electron chi connectivity index (χ1n) is 9.97. The fourth-order valence-electron chi connectivity index (χ4n) is 3.85. The third-order valence-electron chi connectivity index (χ3n) is 5.42. The third-order valence-corrected chi connectivity index (χ3v) is 6.46. The minimum absolute atomic E-state index is 0.0259. The fraction of sp³-hybridized carbons (Fsp3) is 0.250. The Morgan fingerprint density at radius 3 is 2.83 bits per heavy atom. The van der Waals surface area contributed by atoms with Crippen molar-refractivity contribution >= 4 is 43.4 Å². The molecular formula is C24H22N2O2S. The van der Waals surface area contributed by atoms with E-state index in [4.69, 9.17) is 9.72 Å². The molecule has 0 radical (unpaired) electrons. The van der Waals surface area contributed by atoms with Gasteiger partial charge in [0.25, 0.3) is 5.91 Å². The number of nitrogens with zero attached hydrogens (tertiary/aromatic N) is 2. The highest BCUT2D eigenvalue weighted by atomic mass is 32.1. The molecule has 1 atom stereocenters. The summed E-state index contributed by atoms with van der Waals surface area (Å²) < 4.78 is 6.94. The lowest BCUT2D eigenvalue weighted by Crippen LogP contribution is -2.37. The highest BCUT2D eigenvalue weighted by Crippen LogP contribution is 2.32. The summed E-state index contributed by atoms with van der Waals surface area (Å²) in [6.45, 7) is 3.37. The number of fused-ring (bicyclic) bond motifs is 2. The van der Waals surface area contributed by atoms with Gasteiger partial charge < -0.3 is 4.74 Å². The normalized spacial score (nSPS) is 16.5. The Kier molecular flexibility index (Phi) is 4.78. The van der Waals surface area contributed by atoms with Crippen molar-refractivity contribution in [1.29, 1.82) is 0 Å². The summed E-state index contributed by atoms with van der Waals surface area (Å²) in [6, 6.07) is 20.2. The standard InChI is InChI=1S/C24H22N2O2S/c1-16-8-11-21-22(13-16)29-24(25-21)26(15-20-7-4-12-28-20)23(27)19-10-9-17-5-2-3-6-18(17)14-19/h2-3,5-6,8-11,13-14,20H,4,7,12,15H2,1H3. The number of anilines is 1. The number of carbonyl (C=O) groups excluding carboxylic acids is 1. The van der Waals surface area contributed by atoms with E-state index in [1.807, 2.05) is 42.5 Å². The van der Waals surface area contributed by atoms with Gasteiger partial charge in [0.15, 0.2) is 5.13 Å². The lowest BCUT2D eigenvalue weighted by molar-refractivity contribution is 0.0917. The average Bonchev–Trinajstić information content (AvgIpc) is 3.40. The highest BCUT2D eigenvalue weighted by Gasteiger charge is 2.27. The molecule has 4 aromatic rings. The number of aryl methyl sites for hydroxylation is 1. The van der Waals surface area contributed by atoms with Gasteiger partial charge in [0.05, 0.1) is 22.9 Å². The zero-order valence-corrected chi connectivity index (χ0v) is 17.1. The molecule has 1 fully saturated rings. The summed E-state index contributed by atoms with van der Waals surface area (Å²) in [5.41, 5.74) is 2.80. The van der Waals surface area contributed by atoms with E-state index in [2.05, 4.69) is 25.1 Å². The van der Waals surface area contributed by atoms with E-state index in [0.717, 1.165) is 45.6 Å². The van der Waals surface area contributed by atoms with Crippen LogP contribution in [0, 0.1) is 6.92 Å². The number of thiazole rings is 1. The van der Waals surface area contributed by atoms with E-state index >= 15 is 0 Å². The molecule has 1 amide bonds. The van der Waals surface area contributed by atoms with Crippen LogP contribution >= 0.6 is 11.3 Å². The number of hydrogen-bond donors (Lipinski definition) is 0. The van der Waals surface area contributed by atoms with Crippen LogP contribution in [-0.4, -0.2) is 30.1 Å². The Morgan fingerprint density at radius 1 is 1.14 bits per heavy atom. The Morgan fingerprint density at radius 2 is 2.00 bits per heavy atom. The Balaban J connectivity index is 1.55. The molecular weight excluding hydrogens is 380 g/mol. The smallest absolute Gasteiger partial charge is 0.260 e. The van der Waals surface area contributed by atoms with Gasteiger partial charge in [0, 0.05) is 12.2 Å². The average molecular weight is 403 g/mol. The van der Waals surface area contributed by atoms with E-state index in [0.29, 0.717) is 12.1 Å². The molecule has 0 aliphatic carbocycles. The van der Waals surface area contributed by atoms with Crippen LogP contribution in [0.25, 0.3) is 21.0 Å². The molecule has 3 aromatic carbocycles. The van der Waals surface area contributed by atoms with Gasteiger partial charge in [-0.25, -0.2) is 4.98 Å². The minimum atomic E-state index is -0.0259. The van der Waals surface area contributed by atoms with Gasteiger partial charge in [-0.3, -0.25) is 9.69 Å². The maximum Gasteiger partial charge on any atom is 0.260 e. The summed E-state index contributed by atoms with van der Waals surface area (Å²) in [7, 11) is 0. The first-order chi connectivity index (χ1) is 14.2. The van der Waals surface area contributed by atoms with Crippen LogP contribution in [0.2, 0.25) is 0 Å². The number of amides is 1. The van der Waals surface area contributed by atoms with Crippen LogP contribution in [0.5, 0.6) is 0 Å². The topological polar surface area (TPSA) is 42.4 Å². The van der Waals surface area contributed by atoms with Crippen molar-refractivity contribution < 1.29 is 9.53 Å². The maximum absolute atomic E-state index is 13.6. The molecule has 0 saturated carbocycles. The van der Waals surface area contributed by atoms with E-state index in [1.54, 1.807) is 16.2 Å². The highest BCUT2D eigenvalue weighted by molar-refractivity contribution is 7.22. The summed E-state index contributed by atoms with van der Waals surface area (Å²) in [6.07, 6.45) is 2.08. The van der Waals surface area contributed by atoms with Gasteiger partial charge in [0.1, 0.15) is 0 Å². The van der Waals surface area contributed by atoms with Gasteiger partial charge in [-0.2, -0.15) is 0 Å². The van der Waals surface area contributed by atoms with Gasteiger partial charge in [-0.05, 0) is 60.4 Å². The van der Waals surface area contributed by atoms with Crippen molar-refractivity contribution in [3.63, 3.8) is 0 Å². The molecule has 1 aliphatic rings. The molecule has 1 aliphatic heterocycles. The maximum atomic E-state index is 13.6.